The Morgan fingerprint density at radius 2 is 1.94 bits per heavy atom. The van der Waals surface area contributed by atoms with Gasteiger partial charge < -0.3 is 19.4 Å². The number of H-pyrrole nitrogens is 2. The van der Waals surface area contributed by atoms with Gasteiger partial charge in [-0.05, 0) is 31.3 Å². The third-order valence-electron chi connectivity index (χ3n) is 2.67. The van der Waals surface area contributed by atoms with Gasteiger partial charge in [-0.25, -0.2) is 0 Å². The number of hydrogen-bond acceptors (Lipinski definition) is 3. The monoisotopic (exact) mass is 250 g/mol. The minimum absolute atomic E-state index is 0.593. The van der Waals surface area contributed by atoms with Crippen LogP contribution in [0, 0.1) is 11.7 Å². The molecule has 0 fully saturated rings. The molecule has 90 valence electrons. The first-order valence-corrected chi connectivity index (χ1v) is 5.58. The molecule has 0 amide bonds. The highest BCUT2D eigenvalue weighted by molar-refractivity contribution is 7.71. The van der Waals surface area contributed by atoms with Crippen LogP contribution in [-0.4, -0.2) is 24.2 Å². The number of benzene rings is 1. The summed E-state index contributed by atoms with van der Waals surface area (Å²) >= 11 is 5.02. The minimum Gasteiger partial charge on any atom is -0.496 e. The van der Waals surface area contributed by atoms with Crippen LogP contribution >= 0.6 is 12.2 Å². The summed E-state index contributed by atoms with van der Waals surface area (Å²) < 4.78 is 11.3. The molecule has 0 atom stereocenters. The van der Waals surface area contributed by atoms with Crippen LogP contribution in [0.2, 0.25) is 0 Å². The van der Waals surface area contributed by atoms with Crippen molar-refractivity contribution in [2.75, 3.05) is 14.2 Å². The molecule has 0 saturated heterocycles. The molecule has 0 radical (unpaired) electrons. The fraction of sp³-hybridized carbons (Fsp3) is 0.250. The first kappa shape index (κ1) is 11.7. The van der Waals surface area contributed by atoms with E-state index < -0.39 is 0 Å². The molecular weight excluding hydrogens is 236 g/mol. The molecule has 0 unspecified atom stereocenters. The minimum atomic E-state index is 0.593. The lowest BCUT2D eigenvalue weighted by molar-refractivity contribution is 0.390. The highest BCUT2D eigenvalue weighted by Crippen LogP contribution is 2.36. The second-order valence-corrected chi connectivity index (χ2v) is 4.04. The van der Waals surface area contributed by atoms with E-state index in [1.807, 2.05) is 25.3 Å². The summed E-state index contributed by atoms with van der Waals surface area (Å²) in [5.41, 5.74) is 2.82. The Morgan fingerprint density at radius 1 is 1.18 bits per heavy atom. The number of hydrogen-bond donors (Lipinski definition) is 2. The molecule has 4 nitrogen and oxygen atoms in total. The van der Waals surface area contributed by atoms with Gasteiger partial charge in [0.25, 0.3) is 0 Å². The molecule has 5 heteroatoms. The van der Waals surface area contributed by atoms with Gasteiger partial charge in [-0.2, -0.15) is 0 Å². The van der Waals surface area contributed by atoms with E-state index in [0.717, 1.165) is 28.3 Å². The first-order chi connectivity index (χ1) is 8.17. The molecule has 2 rings (SSSR count). The first-order valence-electron chi connectivity index (χ1n) is 5.17. The summed E-state index contributed by atoms with van der Waals surface area (Å²) in [5.74, 6) is 1.59. The molecule has 0 bridgehead atoms. The second kappa shape index (κ2) is 4.63. The predicted octanol–water partition coefficient (Wildman–Crippen LogP) is 3.06. The van der Waals surface area contributed by atoms with Crippen molar-refractivity contribution in [3.8, 4) is 22.8 Å². The topological polar surface area (TPSA) is 50.0 Å². The van der Waals surface area contributed by atoms with Crippen molar-refractivity contribution >= 4 is 12.2 Å². The van der Waals surface area contributed by atoms with Gasteiger partial charge in [-0.3, -0.25) is 0 Å². The van der Waals surface area contributed by atoms with E-state index in [1.54, 1.807) is 14.2 Å². The quantitative estimate of drug-likeness (QED) is 0.823. The van der Waals surface area contributed by atoms with Crippen molar-refractivity contribution in [2.45, 2.75) is 6.92 Å². The van der Waals surface area contributed by atoms with Crippen LogP contribution in [0.15, 0.2) is 18.3 Å². The molecule has 0 saturated carbocycles. The molecule has 1 aromatic carbocycles. The second-order valence-electron chi connectivity index (χ2n) is 3.63. The lowest BCUT2D eigenvalue weighted by atomic mass is 10.1. The zero-order valence-corrected chi connectivity index (χ0v) is 10.8. The van der Waals surface area contributed by atoms with Crippen molar-refractivity contribution in [1.82, 2.24) is 9.97 Å². The Hall–Kier alpha value is -1.75. The number of rotatable bonds is 3. The van der Waals surface area contributed by atoms with Crippen LogP contribution in [-0.2, 0) is 0 Å². The number of aromatic amines is 2. The Kier molecular flexibility index (Phi) is 3.19. The maximum atomic E-state index is 5.43. The number of ether oxygens (including phenoxy) is 2. The largest absolute Gasteiger partial charge is 0.496 e. The average molecular weight is 250 g/mol. The lowest BCUT2D eigenvalue weighted by Crippen LogP contribution is -1.95. The summed E-state index contributed by atoms with van der Waals surface area (Å²) in [6.07, 6.45) is 1.83. The molecule has 1 aromatic heterocycles. The SMILES string of the molecule is COc1ccc(-c2c[nH]c(=S)[nH]2)c(OC)c1C. The van der Waals surface area contributed by atoms with Gasteiger partial charge in [0.1, 0.15) is 11.5 Å². The fourth-order valence-electron chi connectivity index (χ4n) is 1.85. The van der Waals surface area contributed by atoms with Crippen molar-refractivity contribution < 1.29 is 9.47 Å². The number of nitrogens with one attached hydrogen (secondary N) is 2. The Balaban J connectivity index is 2.62. The summed E-state index contributed by atoms with van der Waals surface area (Å²) in [5, 5.41) is 0. The van der Waals surface area contributed by atoms with Crippen molar-refractivity contribution in [3.05, 3.63) is 28.7 Å². The standard InChI is InChI=1S/C12H14N2O2S/c1-7-10(15-2)5-4-8(11(7)16-3)9-6-13-12(17)14-9/h4-6H,1-3H3,(H2,13,14,17). The summed E-state index contributed by atoms with van der Waals surface area (Å²) in [6.45, 7) is 1.96. The van der Waals surface area contributed by atoms with E-state index in [2.05, 4.69) is 9.97 Å². The number of methoxy groups -OCH3 is 2. The molecule has 0 spiro atoms. The zero-order chi connectivity index (χ0) is 12.4. The molecule has 0 aliphatic heterocycles. The smallest absolute Gasteiger partial charge is 0.174 e. The molecule has 17 heavy (non-hydrogen) atoms. The van der Waals surface area contributed by atoms with Crippen LogP contribution in [0.25, 0.3) is 11.3 Å². The maximum Gasteiger partial charge on any atom is 0.174 e. The lowest BCUT2D eigenvalue weighted by Gasteiger charge is -2.13. The Morgan fingerprint density at radius 3 is 2.47 bits per heavy atom. The number of aromatic nitrogens is 2. The Bertz CT molecular complexity index is 586. The van der Waals surface area contributed by atoms with Crippen LogP contribution < -0.4 is 9.47 Å². The molecule has 0 aliphatic carbocycles. The van der Waals surface area contributed by atoms with Gasteiger partial charge in [0.2, 0.25) is 0 Å². The Labute approximate surface area is 105 Å². The van der Waals surface area contributed by atoms with Gasteiger partial charge in [0.05, 0.1) is 19.9 Å². The third kappa shape index (κ3) is 2.06. The summed E-state index contributed by atoms with van der Waals surface area (Å²) in [7, 11) is 3.29. The summed E-state index contributed by atoms with van der Waals surface area (Å²) in [4.78, 5) is 6.01. The van der Waals surface area contributed by atoms with Crippen LogP contribution in [0.1, 0.15) is 5.56 Å². The van der Waals surface area contributed by atoms with Gasteiger partial charge in [0, 0.05) is 17.3 Å². The van der Waals surface area contributed by atoms with Gasteiger partial charge in [-0.15, -0.1) is 0 Å². The molecular formula is C12H14N2O2S. The highest BCUT2D eigenvalue weighted by atomic mass is 32.1. The van der Waals surface area contributed by atoms with Crippen LogP contribution in [0.5, 0.6) is 11.5 Å². The molecule has 0 aliphatic rings. The fourth-order valence-corrected chi connectivity index (χ4v) is 2.02. The van der Waals surface area contributed by atoms with Gasteiger partial charge in [-0.1, -0.05) is 0 Å². The van der Waals surface area contributed by atoms with Crippen molar-refractivity contribution in [3.63, 3.8) is 0 Å². The van der Waals surface area contributed by atoms with Gasteiger partial charge >= 0.3 is 0 Å². The van der Waals surface area contributed by atoms with E-state index in [1.165, 1.54) is 0 Å². The summed E-state index contributed by atoms with van der Waals surface area (Å²) in [6, 6.07) is 3.86. The van der Waals surface area contributed by atoms with Crippen molar-refractivity contribution in [1.29, 1.82) is 0 Å². The van der Waals surface area contributed by atoms with Crippen molar-refractivity contribution in [2.24, 2.45) is 0 Å². The molecule has 2 aromatic rings. The van der Waals surface area contributed by atoms with E-state index in [0.29, 0.717) is 4.77 Å². The third-order valence-corrected chi connectivity index (χ3v) is 2.89. The molecule has 1 heterocycles. The molecule has 2 N–H and O–H groups in total. The normalized spacial score (nSPS) is 10.3. The van der Waals surface area contributed by atoms with Crippen LogP contribution in [0.3, 0.4) is 0 Å². The maximum absolute atomic E-state index is 5.43. The van der Waals surface area contributed by atoms with E-state index in [9.17, 15) is 0 Å². The van der Waals surface area contributed by atoms with Crippen LogP contribution in [0.4, 0.5) is 0 Å². The number of imidazole rings is 1. The predicted molar refractivity (Wildman–Crippen MR) is 69.3 cm³/mol. The van der Waals surface area contributed by atoms with E-state index >= 15 is 0 Å². The van der Waals surface area contributed by atoms with Gasteiger partial charge in [0.15, 0.2) is 4.77 Å². The highest BCUT2D eigenvalue weighted by Gasteiger charge is 2.13. The average Bonchev–Trinajstić information content (AvgIpc) is 2.75. The van der Waals surface area contributed by atoms with E-state index in [4.69, 9.17) is 21.7 Å². The zero-order valence-electron chi connectivity index (χ0n) is 9.96. The van der Waals surface area contributed by atoms with E-state index in [-0.39, 0.29) is 0 Å².